The van der Waals surface area contributed by atoms with Crippen molar-refractivity contribution in [1.29, 1.82) is 0 Å². The number of nitrogens with zero attached hydrogens (tertiary/aromatic N) is 1. The SMILES string of the molecule is CCOc1ccc(-c2nc(CS(=O)(=O)C(C)C(=O)NC(C)(C)C)cs2)cc1OC. The van der Waals surface area contributed by atoms with Crippen molar-refractivity contribution in [1.82, 2.24) is 10.3 Å². The van der Waals surface area contributed by atoms with Crippen LogP contribution in [0.5, 0.6) is 11.5 Å². The third kappa shape index (κ3) is 6.17. The summed E-state index contributed by atoms with van der Waals surface area (Å²) in [6, 6.07) is 5.46. The monoisotopic (exact) mass is 440 g/mol. The number of aromatic nitrogens is 1. The Morgan fingerprint density at radius 1 is 1.28 bits per heavy atom. The van der Waals surface area contributed by atoms with Crippen LogP contribution < -0.4 is 14.8 Å². The van der Waals surface area contributed by atoms with Gasteiger partial charge in [0.15, 0.2) is 21.3 Å². The van der Waals surface area contributed by atoms with Crippen LogP contribution in [0.15, 0.2) is 23.6 Å². The zero-order valence-corrected chi connectivity index (χ0v) is 19.2. The van der Waals surface area contributed by atoms with Crippen LogP contribution in [0, 0.1) is 0 Å². The third-order valence-corrected chi connectivity index (χ3v) is 6.95. The molecule has 0 radical (unpaired) electrons. The molecule has 7 nitrogen and oxygen atoms in total. The standard InChI is InChI=1S/C20H28N2O5S2/c1-7-27-16-9-8-14(10-17(16)26-6)19-21-15(11-28-19)12-29(24,25)13(2)18(23)22-20(3,4)5/h8-11,13H,7,12H2,1-6H3,(H,22,23). The number of benzene rings is 1. The summed E-state index contributed by atoms with van der Waals surface area (Å²) in [5.74, 6) is 0.415. The summed E-state index contributed by atoms with van der Waals surface area (Å²) in [7, 11) is -2.13. The largest absolute Gasteiger partial charge is 0.493 e. The smallest absolute Gasteiger partial charge is 0.238 e. The van der Waals surface area contributed by atoms with Crippen LogP contribution in [-0.4, -0.2) is 43.8 Å². The predicted molar refractivity (Wildman–Crippen MR) is 115 cm³/mol. The molecule has 0 bridgehead atoms. The lowest BCUT2D eigenvalue weighted by Crippen LogP contribution is -2.47. The van der Waals surface area contributed by atoms with Gasteiger partial charge in [0, 0.05) is 16.5 Å². The quantitative estimate of drug-likeness (QED) is 0.676. The third-order valence-electron chi connectivity index (χ3n) is 4.02. The maximum absolute atomic E-state index is 12.7. The predicted octanol–water partition coefficient (Wildman–Crippen LogP) is 3.44. The van der Waals surface area contributed by atoms with Gasteiger partial charge in [-0.15, -0.1) is 11.3 Å². The van der Waals surface area contributed by atoms with E-state index in [4.69, 9.17) is 9.47 Å². The van der Waals surface area contributed by atoms with E-state index in [2.05, 4.69) is 10.3 Å². The average molecular weight is 441 g/mol. The number of carbonyl (C=O) groups is 1. The van der Waals surface area contributed by atoms with Crippen LogP contribution in [0.4, 0.5) is 0 Å². The number of hydrogen-bond acceptors (Lipinski definition) is 7. The van der Waals surface area contributed by atoms with Crippen molar-refractivity contribution in [3.05, 3.63) is 29.3 Å². The first kappa shape index (κ1) is 23.2. The maximum Gasteiger partial charge on any atom is 0.238 e. The molecule has 1 amide bonds. The minimum absolute atomic E-state index is 0.295. The zero-order chi connectivity index (χ0) is 21.8. The lowest BCUT2D eigenvalue weighted by molar-refractivity contribution is -0.121. The fourth-order valence-corrected chi connectivity index (χ4v) is 4.66. The molecule has 0 aliphatic heterocycles. The molecule has 1 aromatic carbocycles. The Balaban J connectivity index is 2.18. The van der Waals surface area contributed by atoms with E-state index < -0.39 is 26.5 Å². The van der Waals surface area contributed by atoms with E-state index in [9.17, 15) is 13.2 Å². The molecular formula is C20H28N2O5S2. The van der Waals surface area contributed by atoms with Crippen molar-refractivity contribution in [2.24, 2.45) is 0 Å². The van der Waals surface area contributed by atoms with Gasteiger partial charge in [0.1, 0.15) is 10.3 Å². The number of carbonyl (C=O) groups excluding carboxylic acids is 1. The molecular weight excluding hydrogens is 412 g/mol. The van der Waals surface area contributed by atoms with Crippen LogP contribution in [0.25, 0.3) is 10.6 Å². The molecule has 29 heavy (non-hydrogen) atoms. The number of hydrogen-bond donors (Lipinski definition) is 1. The molecule has 1 N–H and O–H groups in total. The molecule has 2 aromatic rings. The second kappa shape index (κ2) is 9.13. The molecule has 1 heterocycles. The second-order valence-electron chi connectivity index (χ2n) is 7.63. The van der Waals surface area contributed by atoms with Crippen molar-refractivity contribution in [3.63, 3.8) is 0 Å². The van der Waals surface area contributed by atoms with Crippen molar-refractivity contribution >= 4 is 27.1 Å². The van der Waals surface area contributed by atoms with Crippen molar-refractivity contribution < 1.29 is 22.7 Å². The van der Waals surface area contributed by atoms with E-state index in [1.807, 2.05) is 39.8 Å². The first-order valence-electron chi connectivity index (χ1n) is 9.26. The number of thiazole rings is 1. The Bertz CT molecular complexity index is 961. The highest BCUT2D eigenvalue weighted by Gasteiger charge is 2.31. The van der Waals surface area contributed by atoms with Gasteiger partial charge in [-0.3, -0.25) is 4.79 Å². The van der Waals surface area contributed by atoms with Crippen molar-refractivity contribution in [2.75, 3.05) is 13.7 Å². The van der Waals surface area contributed by atoms with Crippen LogP contribution in [-0.2, 0) is 20.4 Å². The molecule has 0 fully saturated rings. The number of methoxy groups -OCH3 is 1. The number of ether oxygens (including phenoxy) is 2. The van der Waals surface area contributed by atoms with Crippen molar-refractivity contribution in [3.8, 4) is 22.1 Å². The van der Waals surface area contributed by atoms with Gasteiger partial charge in [0.05, 0.1) is 25.2 Å². The summed E-state index contributed by atoms with van der Waals surface area (Å²) >= 11 is 1.34. The molecule has 1 unspecified atom stereocenters. The average Bonchev–Trinajstić information content (AvgIpc) is 3.07. The fourth-order valence-electron chi connectivity index (χ4n) is 2.55. The summed E-state index contributed by atoms with van der Waals surface area (Å²) in [5.41, 5.74) is 0.715. The highest BCUT2D eigenvalue weighted by Crippen LogP contribution is 2.34. The van der Waals surface area contributed by atoms with E-state index in [-0.39, 0.29) is 5.75 Å². The first-order chi connectivity index (χ1) is 13.5. The maximum atomic E-state index is 12.7. The van der Waals surface area contributed by atoms with Gasteiger partial charge in [-0.1, -0.05) is 0 Å². The Morgan fingerprint density at radius 2 is 1.97 bits per heavy atom. The van der Waals surface area contributed by atoms with Crippen molar-refractivity contribution in [2.45, 2.75) is 51.2 Å². The second-order valence-corrected chi connectivity index (χ2v) is 10.8. The molecule has 0 aliphatic carbocycles. The molecule has 0 saturated carbocycles. The normalized spacial score (nSPS) is 13.0. The first-order valence-corrected chi connectivity index (χ1v) is 11.9. The van der Waals surface area contributed by atoms with Gasteiger partial charge in [0.25, 0.3) is 0 Å². The van der Waals surface area contributed by atoms with Gasteiger partial charge in [-0.25, -0.2) is 13.4 Å². The molecule has 0 spiro atoms. The summed E-state index contributed by atoms with van der Waals surface area (Å²) in [6.45, 7) is 9.24. The van der Waals surface area contributed by atoms with Gasteiger partial charge >= 0.3 is 0 Å². The van der Waals surface area contributed by atoms with Gasteiger partial charge in [-0.2, -0.15) is 0 Å². The van der Waals surface area contributed by atoms with E-state index in [0.717, 1.165) is 5.56 Å². The minimum atomic E-state index is -3.69. The Kier molecular flexibility index (Phi) is 7.29. The lowest BCUT2D eigenvalue weighted by Gasteiger charge is -2.23. The molecule has 0 saturated heterocycles. The summed E-state index contributed by atoms with van der Waals surface area (Å²) in [6.07, 6.45) is 0. The van der Waals surface area contributed by atoms with Crippen LogP contribution in [0.1, 0.15) is 40.3 Å². The van der Waals surface area contributed by atoms with Crippen LogP contribution in [0.2, 0.25) is 0 Å². The van der Waals surface area contributed by atoms with E-state index in [0.29, 0.717) is 28.8 Å². The summed E-state index contributed by atoms with van der Waals surface area (Å²) in [4.78, 5) is 16.7. The Morgan fingerprint density at radius 3 is 2.55 bits per heavy atom. The fraction of sp³-hybridized carbons (Fsp3) is 0.500. The Hall–Kier alpha value is -2.13. The number of nitrogens with one attached hydrogen (secondary N) is 1. The molecule has 2 rings (SSSR count). The van der Waals surface area contributed by atoms with Crippen LogP contribution >= 0.6 is 11.3 Å². The van der Waals surface area contributed by atoms with E-state index in [1.54, 1.807) is 18.6 Å². The van der Waals surface area contributed by atoms with Gasteiger partial charge in [0.2, 0.25) is 5.91 Å². The number of rotatable bonds is 8. The lowest BCUT2D eigenvalue weighted by atomic mass is 10.1. The highest BCUT2D eigenvalue weighted by atomic mass is 32.2. The minimum Gasteiger partial charge on any atom is -0.493 e. The number of sulfone groups is 1. The van der Waals surface area contributed by atoms with Gasteiger partial charge < -0.3 is 14.8 Å². The number of amides is 1. The molecule has 0 aliphatic rings. The molecule has 9 heteroatoms. The molecule has 1 aromatic heterocycles. The van der Waals surface area contributed by atoms with Crippen LogP contribution in [0.3, 0.4) is 0 Å². The zero-order valence-electron chi connectivity index (χ0n) is 17.6. The summed E-state index contributed by atoms with van der Waals surface area (Å²) < 4.78 is 36.2. The summed E-state index contributed by atoms with van der Waals surface area (Å²) in [5, 5.41) is 3.92. The Labute approximate surface area is 176 Å². The molecule has 160 valence electrons. The van der Waals surface area contributed by atoms with E-state index in [1.165, 1.54) is 18.3 Å². The van der Waals surface area contributed by atoms with Gasteiger partial charge in [-0.05, 0) is 52.8 Å². The van der Waals surface area contributed by atoms with E-state index >= 15 is 0 Å². The highest BCUT2D eigenvalue weighted by molar-refractivity contribution is 7.92. The molecule has 1 atom stereocenters. The topological polar surface area (TPSA) is 94.6 Å².